The number of likely N-dealkylation sites (tertiary alicyclic amines) is 1. The minimum absolute atomic E-state index is 0.0529. The molecule has 1 saturated heterocycles. The van der Waals surface area contributed by atoms with Crippen LogP contribution in [0.3, 0.4) is 0 Å². The van der Waals surface area contributed by atoms with Gasteiger partial charge in [-0.25, -0.2) is 0 Å². The van der Waals surface area contributed by atoms with Gasteiger partial charge in [-0.15, -0.1) is 0 Å². The Balaban J connectivity index is 1.74. The molecule has 0 saturated carbocycles. The van der Waals surface area contributed by atoms with Crippen molar-refractivity contribution in [3.05, 3.63) is 29.3 Å². The van der Waals surface area contributed by atoms with Gasteiger partial charge in [-0.1, -0.05) is 12.5 Å². The van der Waals surface area contributed by atoms with Crippen LogP contribution in [0.25, 0.3) is 0 Å². The molecule has 4 nitrogen and oxygen atoms in total. The molecular weight excluding hydrogens is 264 g/mol. The summed E-state index contributed by atoms with van der Waals surface area (Å²) in [6.45, 7) is 7.02. The Morgan fingerprint density at radius 2 is 2.24 bits per heavy atom. The van der Waals surface area contributed by atoms with Crippen molar-refractivity contribution in [1.29, 1.82) is 0 Å². The van der Waals surface area contributed by atoms with Gasteiger partial charge in [0.25, 0.3) is 5.91 Å². The Morgan fingerprint density at radius 1 is 1.43 bits per heavy atom. The third-order valence-corrected chi connectivity index (χ3v) is 4.25. The van der Waals surface area contributed by atoms with E-state index >= 15 is 0 Å². The van der Waals surface area contributed by atoms with Gasteiger partial charge < -0.3 is 15.3 Å². The fourth-order valence-electron chi connectivity index (χ4n) is 2.90. The van der Waals surface area contributed by atoms with Gasteiger partial charge in [0, 0.05) is 19.1 Å². The predicted octanol–water partition coefficient (Wildman–Crippen LogP) is 2.69. The highest BCUT2D eigenvalue weighted by Gasteiger charge is 2.17. The molecule has 1 heterocycles. The van der Waals surface area contributed by atoms with Gasteiger partial charge in [0.05, 0.1) is 5.56 Å². The standard InChI is InChI=1S/C17H26N2O2/c1-13-7-8-15(16(20)12-13)17(21)18-9-5-11-19-10-4-3-6-14(19)2/h7-8,12,14,20H,3-6,9-11H2,1-2H3,(H,18,21). The summed E-state index contributed by atoms with van der Waals surface area (Å²) >= 11 is 0. The maximum atomic E-state index is 12.0. The van der Waals surface area contributed by atoms with Crippen molar-refractivity contribution < 1.29 is 9.90 Å². The second-order valence-electron chi connectivity index (χ2n) is 6.01. The molecular formula is C17H26N2O2. The zero-order valence-electron chi connectivity index (χ0n) is 13.1. The van der Waals surface area contributed by atoms with Crippen LogP contribution in [0.1, 0.15) is 48.5 Å². The summed E-state index contributed by atoms with van der Waals surface area (Å²) in [5.74, 6) is -0.142. The van der Waals surface area contributed by atoms with Crippen LogP contribution in [0.15, 0.2) is 18.2 Å². The highest BCUT2D eigenvalue weighted by molar-refractivity contribution is 5.96. The molecule has 1 aliphatic heterocycles. The fraction of sp³-hybridized carbons (Fsp3) is 0.588. The topological polar surface area (TPSA) is 52.6 Å². The summed E-state index contributed by atoms with van der Waals surface area (Å²) < 4.78 is 0. The van der Waals surface area contributed by atoms with Gasteiger partial charge in [0.1, 0.15) is 5.75 Å². The average Bonchev–Trinajstić information content (AvgIpc) is 2.45. The van der Waals surface area contributed by atoms with E-state index in [-0.39, 0.29) is 11.7 Å². The fourth-order valence-corrected chi connectivity index (χ4v) is 2.90. The zero-order valence-corrected chi connectivity index (χ0v) is 13.1. The van der Waals surface area contributed by atoms with E-state index < -0.39 is 0 Å². The summed E-state index contributed by atoms with van der Waals surface area (Å²) in [6.07, 6.45) is 4.85. The van der Waals surface area contributed by atoms with Gasteiger partial charge in [-0.2, -0.15) is 0 Å². The first-order valence-corrected chi connectivity index (χ1v) is 7.90. The molecule has 1 amide bonds. The quantitative estimate of drug-likeness (QED) is 0.820. The summed E-state index contributed by atoms with van der Waals surface area (Å²) in [4.78, 5) is 14.5. The number of hydrogen-bond donors (Lipinski definition) is 2. The Morgan fingerprint density at radius 3 is 2.95 bits per heavy atom. The largest absolute Gasteiger partial charge is 0.507 e. The van der Waals surface area contributed by atoms with Crippen molar-refractivity contribution >= 4 is 5.91 Å². The van der Waals surface area contributed by atoms with Gasteiger partial charge in [-0.05, 0) is 57.4 Å². The van der Waals surface area contributed by atoms with Gasteiger partial charge in [0.15, 0.2) is 0 Å². The van der Waals surface area contributed by atoms with Crippen molar-refractivity contribution in [1.82, 2.24) is 10.2 Å². The van der Waals surface area contributed by atoms with Crippen LogP contribution in [0.5, 0.6) is 5.75 Å². The molecule has 0 radical (unpaired) electrons. The lowest BCUT2D eigenvalue weighted by Gasteiger charge is -2.33. The normalized spacial score (nSPS) is 19.4. The molecule has 1 aromatic rings. The molecule has 1 aliphatic rings. The van der Waals surface area contributed by atoms with Crippen LogP contribution in [0.4, 0.5) is 0 Å². The first-order chi connectivity index (χ1) is 10.1. The number of hydrogen-bond acceptors (Lipinski definition) is 3. The number of phenols is 1. The average molecular weight is 290 g/mol. The smallest absolute Gasteiger partial charge is 0.255 e. The number of piperidine rings is 1. The molecule has 2 rings (SSSR count). The Bertz CT molecular complexity index is 488. The van der Waals surface area contributed by atoms with Crippen LogP contribution < -0.4 is 5.32 Å². The first-order valence-electron chi connectivity index (χ1n) is 7.90. The molecule has 0 aromatic heterocycles. The summed E-state index contributed by atoms with van der Waals surface area (Å²) in [7, 11) is 0. The van der Waals surface area contributed by atoms with Gasteiger partial charge in [-0.3, -0.25) is 4.79 Å². The van der Waals surface area contributed by atoms with E-state index in [1.165, 1.54) is 25.8 Å². The molecule has 2 N–H and O–H groups in total. The van der Waals surface area contributed by atoms with E-state index in [2.05, 4.69) is 17.1 Å². The highest BCUT2D eigenvalue weighted by Crippen LogP contribution is 2.18. The lowest BCUT2D eigenvalue weighted by atomic mass is 10.0. The second kappa shape index (κ2) is 7.46. The van der Waals surface area contributed by atoms with Crippen LogP contribution in [-0.2, 0) is 0 Å². The highest BCUT2D eigenvalue weighted by atomic mass is 16.3. The molecule has 1 aromatic carbocycles. The van der Waals surface area contributed by atoms with Crippen molar-refractivity contribution in [2.24, 2.45) is 0 Å². The number of nitrogens with zero attached hydrogens (tertiary/aromatic N) is 1. The number of amides is 1. The molecule has 1 unspecified atom stereocenters. The maximum Gasteiger partial charge on any atom is 0.255 e. The van der Waals surface area contributed by atoms with Crippen molar-refractivity contribution in [2.75, 3.05) is 19.6 Å². The zero-order chi connectivity index (χ0) is 15.2. The van der Waals surface area contributed by atoms with Crippen LogP contribution in [-0.4, -0.2) is 41.6 Å². The van der Waals surface area contributed by atoms with Crippen LogP contribution in [0.2, 0.25) is 0 Å². The third-order valence-electron chi connectivity index (χ3n) is 4.25. The molecule has 1 fully saturated rings. The molecule has 1 atom stereocenters. The second-order valence-corrected chi connectivity index (χ2v) is 6.01. The Kier molecular flexibility index (Phi) is 5.62. The van der Waals surface area contributed by atoms with E-state index in [0.717, 1.165) is 18.5 Å². The minimum Gasteiger partial charge on any atom is -0.507 e. The lowest BCUT2D eigenvalue weighted by Crippen LogP contribution is -2.39. The van der Waals surface area contributed by atoms with E-state index in [1.54, 1.807) is 12.1 Å². The van der Waals surface area contributed by atoms with E-state index in [0.29, 0.717) is 18.2 Å². The third kappa shape index (κ3) is 4.46. The van der Waals surface area contributed by atoms with Crippen LogP contribution >= 0.6 is 0 Å². The first kappa shape index (κ1) is 15.8. The minimum atomic E-state index is -0.195. The van der Waals surface area contributed by atoms with Crippen molar-refractivity contribution in [3.63, 3.8) is 0 Å². The van der Waals surface area contributed by atoms with Gasteiger partial charge >= 0.3 is 0 Å². The molecule has 0 spiro atoms. The number of rotatable bonds is 5. The van der Waals surface area contributed by atoms with Crippen molar-refractivity contribution in [3.8, 4) is 5.75 Å². The number of aromatic hydroxyl groups is 1. The lowest BCUT2D eigenvalue weighted by molar-refractivity contribution is 0.0946. The van der Waals surface area contributed by atoms with E-state index in [9.17, 15) is 9.90 Å². The number of carbonyl (C=O) groups excluding carboxylic acids is 1. The Labute approximate surface area is 127 Å². The monoisotopic (exact) mass is 290 g/mol. The van der Waals surface area contributed by atoms with Crippen molar-refractivity contribution in [2.45, 2.75) is 45.6 Å². The van der Waals surface area contributed by atoms with E-state index in [4.69, 9.17) is 0 Å². The summed E-state index contributed by atoms with van der Waals surface area (Å²) in [5, 5.41) is 12.7. The number of aryl methyl sites for hydroxylation is 1. The predicted molar refractivity (Wildman–Crippen MR) is 84.7 cm³/mol. The molecule has 0 aliphatic carbocycles. The number of phenolic OH excluding ortho intramolecular Hbond substituents is 1. The molecule has 21 heavy (non-hydrogen) atoms. The maximum absolute atomic E-state index is 12.0. The molecule has 4 heteroatoms. The van der Waals surface area contributed by atoms with Gasteiger partial charge in [0.2, 0.25) is 0 Å². The molecule has 116 valence electrons. The number of carbonyl (C=O) groups is 1. The summed E-state index contributed by atoms with van der Waals surface area (Å²) in [6, 6.07) is 5.79. The Hall–Kier alpha value is -1.55. The van der Waals surface area contributed by atoms with E-state index in [1.807, 2.05) is 13.0 Å². The number of benzene rings is 1. The number of nitrogens with one attached hydrogen (secondary N) is 1. The SMILES string of the molecule is Cc1ccc(C(=O)NCCCN2CCCCC2C)c(O)c1. The van der Waals surface area contributed by atoms with Crippen LogP contribution in [0, 0.1) is 6.92 Å². The summed E-state index contributed by atoms with van der Waals surface area (Å²) in [5.41, 5.74) is 1.30. The molecule has 0 bridgehead atoms.